The first kappa shape index (κ1) is 30.3. The number of aromatic nitrogens is 3. The summed E-state index contributed by atoms with van der Waals surface area (Å²) in [4.78, 5) is 22.3. The number of piperazine rings is 1. The lowest BCUT2D eigenvalue weighted by Gasteiger charge is -2.37. The maximum Gasteiger partial charge on any atom is 0.419 e. The molecule has 0 spiro atoms. The molecule has 0 N–H and O–H groups in total. The summed E-state index contributed by atoms with van der Waals surface area (Å²) < 4.78 is 54.9. The molecular formula is C30H36ClF4N7. The van der Waals surface area contributed by atoms with E-state index < -0.39 is 17.6 Å². The van der Waals surface area contributed by atoms with Crippen molar-refractivity contribution in [3.8, 4) is 11.3 Å². The molecule has 7 nitrogen and oxygen atoms in total. The van der Waals surface area contributed by atoms with Crippen LogP contribution >= 0.6 is 11.6 Å². The third kappa shape index (κ3) is 6.72. The van der Waals surface area contributed by atoms with E-state index in [4.69, 9.17) is 21.6 Å². The van der Waals surface area contributed by atoms with Crippen molar-refractivity contribution in [3.63, 3.8) is 0 Å². The van der Waals surface area contributed by atoms with Crippen LogP contribution in [0.3, 0.4) is 0 Å². The van der Waals surface area contributed by atoms with E-state index >= 15 is 0 Å². The van der Waals surface area contributed by atoms with Gasteiger partial charge in [0, 0.05) is 63.1 Å². The monoisotopic (exact) mass is 605 g/mol. The first-order valence-corrected chi connectivity index (χ1v) is 14.9. The molecule has 2 aliphatic heterocycles. The quantitative estimate of drug-likeness (QED) is 0.290. The Morgan fingerprint density at radius 3 is 2.33 bits per heavy atom. The van der Waals surface area contributed by atoms with E-state index in [1.165, 1.54) is 18.3 Å². The molecule has 0 radical (unpaired) electrons. The van der Waals surface area contributed by atoms with Gasteiger partial charge in [-0.2, -0.15) is 18.2 Å². The van der Waals surface area contributed by atoms with Crippen LogP contribution in [0.15, 0.2) is 42.6 Å². The zero-order valence-electron chi connectivity index (χ0n) is 23.9. The summed E-state index contributed by atoms with van der Waals surface area (Å²) in [6, 6.07) is 9.25. The van der Waals surface area contributed by atoms with Gasteiger partial charge in [0.05, 0.1) is 16.3 Å². The summed E-state index contributed by atoms with van der Waals surface area (Å²) in [7, 11) is 0. The maximum atomic E-state index is 14.0. The number of pyridine rings is 1. The van der Waals surface area contributed by atoms with Crippen LogP contribution in [0.5, 0.6) is 0 Å². The summed E-state index contributed by atoms with van der Waals surface area (Å²) >= 11 is 6.12. The first-order chi connectivity index (χ1) is 20.2. The average Bonchev–Trinajstić information content (AvgIpc) is 3.25. The molecule has 4 heterocycles. The van der Waals surface area contributed by atoms with E-state index in [0.29, 0.717) is 55.2 Å². The van der Waals surface area contributed by atoms with E-state index in [9.17, 15) is 17.6 Å². The zero-order valence-corrected chi connectivity index (χ0v) is 24.7. The van der Waals surface area contributed by atoms with Gasteiger partial charge in [-0.25, -0.2) is 14.4 Å². The fraction of sp³-hybridized carbons (Fsp3) is 0.500. The molecule has 3 aromatic rings. The Hall–Kier alpha value is -3.18. The fourth-order valence-electron chi connectivity index (χ4n) is 5.93. The Balaban J connectivity index is 1.42. The Kier molecular flexibility index (Phi) is 9.37. The summed E-state index contributed by atoms with van der Waals surface area (Å²) in [6.07, 6.45) is 0.0204. The molecule has 0 bridgehead atoms. The van der Waals surface area contributed by atoms with Gasteiger partial charge >= 0.3 is 6.18 Å². The fourth-order valence-corrected chi connectivity index (χ4v) is 6.11. The minimum absolute atomic E-state index is 0.00972. The van der Waals surface area contributed by atoms with E-state index in [1.54, 1.807) is 17.0 Å². The predicted molar refractivity (Wildman–Crippen MR) is 159 cm³/mol. The van der Waals surface area contributed by atoms with Gasteiger partial charge in [-0.15, -0.1) is 0 Å². The van der Waals surface area contributed by atoms with Crippen LogP contribution in [-0.2, 0) is 6.18 Å². The third-order valence-electron chi connectivity index (χ3n) is 8.22. The van der Waals surface area contributed by atoms with E-state index in [0.717, 1.165) is 51.5 Å². The standard InChI is InChI=1S/C30H36ClF4N7/c1-3-39(4-2)22-7-6-13-42(14-11-22)29-37-26(21-9-10-25(32)24(31)19-21)20-27(38-29)40-15-17-41(18-16-40)28-23(30(33,34)35)8-5-12-36-28/h5,8-10,12,19-20,22H,3-4,6-7,11,13-18H2,1-2H3. The number of hydrogen-bond acceptors (Lipinski definition) is 7. The van der Waals surface area contributed by atoms with Crippen molar-refractivity contribution in [1.82, 2.24) is 19.9 Å². The lowest BCUT2D eigenvalue weighted by atomic mass is 10.1. The highest BCUT2D eigenvalue weighted by Gasteiger charge is 2.36. The summed E-state index contributed by atoms with van der Waals surface area (Å²) in [6.45, 7) is 9.65. The number of nitrogens with zero attached hydrogens (tertiary/aromatic N) is 7. The Labute approximate surface area is 249 Å². The molecule has 1 atom stereocenters. The Morgan fingerprint density at radius 2 is 1.64 bits per heavy atom. The second-order valence-corrected chi connectivity index (χ2v) is 11.1. The van der Waals surface area contributed by atoms with Crippen LogP contribution in [0, 0.1) is 5.82 Å². The highest BCUT2D eigenvalue weighted by molar-refractivity contribution is 6.31. The molecule has 2 aliphatic rings. The number of alkyl halides is 3. The molecular weight excluding hydrogens is 570 g/mol. The lowest BCUT2D eigenvalue weighted by Crippen LogP contribution is -2.47. The second-order valence-electron chi connectivity index (χ2n) is 10.7. The molecule has 5 rings (SSSR count). The summed E-state index contributed by atoms with van der Waals surface area (Å²) in [5.74, 6) is 0.710. The molecule has 1 unspecified atom stereocenters. The van der Waals surface area contributed by atoms with Crippen LogP contribution in [0.1, 0.15) is 38.7 Å². The molecule has 0 saturated carbocycles. The highest BCUT2D eigenvalue weighted by atomic mass is 35.5. The van der Waals surface area contributed by atoms with Crippen molar-refractivity contribution < 1.29 is 17.6 Å². The molecule has 42 heavy (non-hydrogen) atoms. The van der Waals surface area contributed by atoms with Crippen molar-refractivity contribution in [2.75, 3.05) is 67.1 Å². The zero-order chi connectivity index (χ0) is 29.9. The second kappa shape index (κ2) is 13.0. The van der Waals surface area contributed by atoms with Crippen LogP contribution in [0.25, 0.3) is 11.3 Å². The van der Waals surface area contributed by atoms with Crippen molar-refractivity contribution in [2.24, 2.45) is 0 Å². The van der Waals surface area contributed by atoms with Crippen LogP contribution in [-0.4, -0.2) is 78.3 Å². The van der Waals surface area contributed by atoms with Gasteiger partial charge in [0.1, 0.15) is 17.5 Å². The van der Waals surface area contributed by atoms with Gasteiger partial charge in [0.25, 0.3) is 0 Å². The van der Waals surface area contributed by atoms with Crippen molar-refractivity contribution in [2.45, 2.75) is 45.3 Å². The van der Waals surface area contributed by atoms with Crippen LogP contribution in [0.4, 0.5) is 35.1 Å². The van der Waals surface area contributed by atoms with Crippen LogP contribution in [0.2, 0.25) is 5.02 Å². The van der Waals surface area contributed by atoms with Crippen LogP contribution < -0.4 is 14.7 Å². The first-order valence-electron chi connectivity index (χ1n) is 14.5. The van der Waals surface area contributed by atoms with Crippen molar-refractivity contribution >= 4 is 29.2 Å². The van der Waals surface area contributed by atoms with Gasteiger partial charge in [0.2, 0.25) is 5.95 Å². The average molecular weight is 606 g/mol. The van der Waals surface area contributed by atoms with Gasteiger partial charge in [-0.3, -0.25) is 0 Å². The molecule has 12 heteroatoms. The molecule has 226 valence electrons. The molecule has 2 saturated heterocycles. The molecule has 0 amide bonds. The summed E-state index contributed by atoms with van der Waals surface area (Å²) in [5, 5.41) is 0.00972. The largest absolute Gasteiger partial charge is 0.419 e. The van der Waals surface area contributed by atoms with E-state index in [1.807, 2.05) is 6.07 Å². The minimum Gasteiger partial charge on any atom is -0.353 e. The molecule has 1 aromatic carbocycles. The minimum atomic E-state index is -4.48. The van der Waals surface area contributed by atoms with Crippen molar-refractivity contribution in [1.29, 1.82) is 0 Å². The number of anilines is 3. The maximum absolute atomic E-state index is 14.0. The smallest absolute Gasteiger partial charge is 0.353 e. The van der Waals surface area contributed by atoms with Gasteiger partial charge in [0.15, 0.2) is 0 Å². The normalized spacial score (nSPS) is 18.5. The molecule has 2 fully saturated rings. The number of rotatable bonds is 7. The topological polar surface area (TPSA) is 51.6 Å². The van der Waals surface area contributed by atoms with Crippen molar-refractivity contribution in [3.05, 3.63) is 59.0 Å². The highest BCUT2D eigenvalue weighted by Crippen LogP contribution is 2.36. The predicted octanol–water partition coefficient (Wildman–Crippen LogP) is 6.38. The van der Waals surface area contributed by atoms with E-state index in [2.05, 4.69) is 33.5 Å². The molecule has 0 aliphatic carbocycles. The number of hydrogen-bond donors (Lipinski definition) is 0. The lowest BCUT2D eigenvalue weighted by molar-refractivity contribution is -0.137. The SMILES string of the molecule is CCN(CC)C1CCCN(c2nc(-c3ccc(F)c(Cl)c3)cc(N3CCN(c4ncccc4C(F)(F)F)CC3)n2)CC1. The third-order valence-corrected chi connectivity index (χ3v) is 8.51. The Morgan fingerprint density at radius 1 is 0.905 bits per heavy atom. The number of halogens is 5. The van der Waals surface area contributed by atoms with Gasteiger partial charge < -0.3 is 19.6 Å². The number of benzene rings is 1. The molecule has 2 aromatic heterocycles. The Bertz CT molecular complexity index is 1360. The van der Waals surface area contributed by atoms with E-state index in [-0.39, 0.29) is 10.8 Å². The van der Waals surface area contributed by atoms with Gasteiger partial charge in [-0.05, 0) is 62.7 Å². The van der Waals surface area contributed by atoms with Gasteiger partial charge in [-0.1, -0.05) is 25.4 Å². The summed E-state index contributed by atoms with van der Waals surface area (Å²) in [5.41, 5.74) is 0.555.